The number of benzene rings is 4. The van der Waals surface area contributed by atoms with Gasteiger partial charge in [-0.2, -0.15) is 0 Å². The Morgan fingerprint density at radius 2 is 0.622 bits per heavy atom. The van der Waals surface area contributed by atoms with Gasteiger partial charge in [-0.25, -0.2) is 0 Å². The summed E-state index contributed by atoms with van der Waals surface area (Å²) < 4.78 is 0. The molecule has 0 spiro atoms. The summed E-state index contributed by atoms with van der Waals surface area (Å²) in [5, 5.41) is 13.2. The van der Waals surface area contributed by atoms with Crippen LogP contribution in [0.3, 0.4) is 0 Å². The molecule has 0 radical (unpaired) electrons. The van der Waals surface area contributed by atoms with Crippen molar-refractivity contribution in [3.8, 4) is 10.6 Å². The summed E-state index contributed by atoms with van der Waals surface area (Å²) in [6.45, 7) is 0. The van der Waals surface area contributed by atoms with Gasteiger partial charge in [0, 0.05) is 17.1 Å². The van der Waals surface area contributed by atoms with E-state index in [1.807, 2.05) is 0 Å². The zero-order valence-electron chi connectivity index (χ0n) is 19.5. The van der Waals surface area contributed by atoms with Gasteiger partial charge in [0.05, 0.1) is 0 Å². The van der Waals surface area contributed by atoms with Crippen LogP contribution in [0.1, 0.15) is 0 Å². The number of rotatable bonds is 2. The molecule has 0 saturated carbocycles. The normalized spacial score (nSPS) is 11.0. The molecule has 0 atom stereocenters. The van der Waals surface area contributed by atoms with Gasteiger partial charge in [-0.05, 0) is 42.0 Å². The van der Waals surface area contributed by atoms with Crippen molar-refractivity contribution < 1.29 is 17.1 Å². The average Bonchev–Trinajstić information content (AvgIpc) is 3.74. The van der Waals surface area contributed by atoms with E-state index in [4.69, 9.17) is 0 Å². The van der Waals surface area contributed by atoms with Gasteiger partial charge in [0.15, 0.2) is 0 Å². The molecule has 0 aliphatic heterocycles. The van der Waals surface area contributed by atoms with Crippen molar-refractivity contribution in [3.05, 3.63) is 146 Å². The maximum atomic E-state index is 3.15. The van der Waals surface area contributed by atoms with E-state index < -0.39 is 15.1 Å². The molecule has 8 aromatic rings. The van der Waals surface area contributed by atoms with Crippen LogP contribution < -0.4 is 0 Å². The van der Waals surface area contributed by atoms with Crippen LogP contribution >= 0.6 is 15.1 Å². The van der Waals surface area contributed by atoms with Crippen LogP contribution in [0.2, 0.25) is 0 Å². The van der Waals surface area contributed by atoms with Crippen LogP contribution in [0.25, 0.3) is 52.6 Å². The number of hydrogen-bond acceptors (Lipinski definition) is 0. The van der Waals surface area contributed by atoms with Crippen molar-refractivity contribution in [1.29, 1.82) is 0 Å². The summed E-state index contributed by atoms with van der Waals surface area (Å²) in [7, 11) is -1.02. The molecule has 6 aromatic carbocycles. The monoisotopic (exact) mass is 542 g/mol. The van der Waals surface area contributed by atoms with Crippen LogP contribution in [0.5, 0.6) is 0 Å². The standard InChI is InChI=1S/2C17H8P.Fe/c2*1-2-8-13(7-1)18-16-11-5-3-9-14(16)15-10-4-6-12-17(15)18;/h2*3-6,9-12H;/q2*-5;. The molecular weight excluding hydrogens is 526 g/mol. The maximum Gasteiger partial charge on any atom is 0 e. The average molecular weight is 542 g/mol. The Kier molecular flexibility index (Phi) is 6.65. The molecule has 8 rings (SSSR count). The minimum Gasteiger partial charge on any atom is -0.998 e. The third-order valence-electron chi connectivity index (χ3n) is 6.46. The Hall–Kier alpha value is -3.30. The fourth-order valence-corrected chi connectivity index (χ4v) is 9.81. The van der Waals surface area contributed by atoms with Gasteiger partial charge < -0.3 is 74.2 Å². The van der Waals surface area contributed by atoms with Gasteiger partial charge in [-0.15, -0.1) is 0 Å². The molecule has 0 fully saturated rings. The summed E-state index contributed by atoms with van der Waals surface area (Å²) in [5.74, 6) is 0. The van der Waals surface area contributed by atoms with Gasteiger partial charge in [0.1, 0.15) is 0 Å². The van der Waals surface area contributed by atoms with Crippen molar-refractivity contribution >= 4 is 57.1 Å². The zero-order valence-corrected chi connectivity index (χ0v) is 22.4. The molecule has 37 heavy (non-hydrogen) atoms. The minimum absolute atomic E-state index is 0. The Balaban J connectivity index is 0.000000133. The molecule has 3 heteroatoms. The van der Waals surface area contributed by atoms with E-state index in [-0.39, 0.29) is 17.1 Å². The molecule has 0 aliphatic carbocycles. The molecule has 0 bridgehead atoms. The van der Waals surface area contributed by atoms with Crippen molar-refractivity contribution in [2.24, 2.45) is 0 Å². The predicted octanol–water partition coefficient (Wildman–Crippen LogP) is 9.77. The van der Waals surface area contributed by atoms with Crippen LogP contribution in [0, 0.1) is 48.5 Å². The second-order valence-corrected chi connectivity index (χ2v) is 12.6. The summed E-state index contributed by atoms with van der Waals surface area (Å²) >= 11 is 0. The minimum atomic E-state index is -0.508. The summed E-state index contributed by atoms with van der Waals surface area (Å²) in [6, 6.07) is 58.6. The van der Waals surface area contributed by atoms with Crippen molar-refractivity contribution in [3.63, 3.8) is 0 Å². The van der Waals surface area contributed by atoms with Crippen molar-refractivity contribution in [2.75, 3.05) is 0 Å². The van der Waals surface area contributed by atoms with E-state index in [1.54, 1.807) is 0 Å². The van der Waals surface area contributed by atoms with Crippen LogP contribution in [0.15, 0.2) is 97.1 Å². The van der Waals surface area contributed by atoms with Gasteiger partial charge in [0.2, 0.25) is 0 Å². The van der Waals surface area contributed by atoms with E-state index in [9.17, 15) is 0 Å². The van der Waals surface area contributed by atoms with Crippen LogP contribution in [-0.4, -0.2) is 0 Å². The third kappa shape index (κ3) is 4.10. The topological polar surface area (TPSA) is 0 Å². The van der Waals surface area contributed by atoms with Crippen molar-refractivity contribution in [2.45, 2.75) is 0 Å². The van der Waals surface area contributed by atoms with Gasteiger partial charge in [0.25, 0.3) is 0 Å². The van der Waals surface area contributed by atoms with Gasteiger partial charge in [-0.3, -0.25) is 0 Å². The van der Waals surface area contributed by atoms with Crippen LogP contribution in [-0.2, 0) is 17.1 Å². The van der Waals surface area contributed by atoms with E-state index in [1.165, 1.54) is 42.0 Å². The first-order valence-corrected chi connectivity index (χ1v) is 14.3. The smallest absolute Gasteiger partial charge is 0 e. The Labute approximate surface area is 229 Å². The van der Waals surface area contributed by atoms with Crippen LogP contribution in [0.4, 0.5) is 0 Å². The molecule has 2 aromatic heterocycles. The van der Waals surface area contributed by atoms with Gasteiger partial charge >= 0.3 is 0 Å². The summed E-state index contributed by atoms with van der Waals surface area (Å²) in [4.78, 5) is 0. The number of fused-ring (bicyclic) bond motifs is 6. The second kappa shape index (κ2) is 10.2. The fourth-order valence-electron chi connectivity index (χ4n) is 4.97. The van der Waals surface area contributed by atoms with Crippen molar-refractivity contribution in [1.82, 2.24) is 0 Å². The third-order valence-corrected chi connectivity index (χ3v) is 11.3. The Morgan fingerprint density at radius 3 is 0.892 bits per heavy atom. The van der Waals surface area contributed by atoms with E-state index in [0.29, 0.717) is 0 Å². The summed E-state index contributed by atoms with van der Waals surface area (Å²) in [6.07, 6.45) is 0. The first-order chi connectivity index (χ1) is 17.9. The molecule has 0 saturated heterocycles. The van der Waals surface area contributed by atoms with E-state index in [0.717, 1.165) is 10.6 Å². The molecule has 0 nitrogen and oxygen atoms in total. The van der Waals surface area contributed by atoms with E-state index >= 15 is 0 Å². The SMILES string of the molecule is [Fe].[c-]1[c-][c-][c-](-p2c3ccccc3c3ccccc32)[c-]1.[c-]1[c-][c-][c-](-p2c3ccccc3c3ccccc32)[c-]1. The molecule has 0 aliphatic rings. The first kappa shape index (κ1) is 24.1. The Morgan fingerprint density at radius 1 is 0.378 bits per heavy atom. The second-order valence-electron chi connectivity index (χ2n) is 8.44. The molecular formula is C34H16FeP2-10. The molecule has 180 valence electrons. The van der Waals surface area contributed by atoms with Gasteiger partial charge in [-0.1, -0.05) is 97.1 Å². The summed E-state index contributed by atoms with van der Waals surface area (Å²) in [5.41, 5.74) is 0. The predicted molar refractivity (Wildman–Crippen MR) is 153 cm³/mol. The largest absolute Gasteiger partial charge is 0.998 e. The quantitative estimate of drug-likeness (QED) is 0.151. The Bertz CT molecular complexity index is 1680. The zero-order chi connectivity index (χ0) is 23.9. The molecule has 0 amide bonds. The maximum absolute atomic E-state index is 3.15. The molecule has 2 heterocycles. The number of hydrogen-bond donors (Lipinski definition) is 0. The first-order valence-electron chi connectivity index (χ1n) is 11.7. The molecule has 0 unspecified atom stereocenters. The van der Waals surface area contributed by atoms with E-state index in [2.05, 4.69) is 146 Å². The molecule has 0 N–H and O–H groups in total. The fraction of sp³-hybridized carbons (Fsp3) is 0.